The van der Waals surface area contributed by atoms with Crippen LogP contribution in [0.2, 0.25) is 10.2 Å². The lowest BCUT2D eigenvalue weighted by molar-refractivity contribution is -0.168. The number of hydrogen-bond acceptors (Lipinski definition) is 2. The average Bonchev–Trinajstić information content (AvgIpc) is 2.75. The van der Waals surface area contributed by atoms with Gasteiger partial charge in [0.1, 0.15) is 5.15 Å². The number of aromatic nitrogens is 1. The van der Waals surface area contributed by atoms with Crippen LogP contribution in [0.15, 0.2) is 11.1 Å². The number of hydrogen-bond donors (Lipinski definition) is 2. The molecule has 3 rings (SSSR count). The fraction of sp³-hybridized carbons (Fsp3) is 0.706. The summed E-state index contributed by atoms with van der Waals surface area (Å²) >= 11 is 12.2. The first-order valence-corrected chi connectivity index (χ1v) is 9.35. The minimum atomic E-state index is 0.311. The molecule has 2 atom stereocenters. The fourth-order valence-electron chi connectivity index (χ4n) is 3.93. The highest BCUT2D eigenvalue weighted by molar-refractivity contribution is 6.41. The molecule has 2 unspecified atom stereocenters. The first kappa shape index (κ1) is 17.9. The molecule has 5 nitrogen and oxygen atoms in total. The van der Waals surface area contributed by atoms with Gasteiger partial charge in [0.05, 0.1) is 17.7 Å². The van der Waals surface area contributed by atoms with Crippen molar-refractivity contribution < 1.29 is 4.74 Å². The van der Waals surface area contributed by atoms with E-state index in [0.717, 1.165) is 24.7 Å². The van der Waals surface area contributed by atoms with Crippen molar-refractivity contribution in [3.63, 3.8) is 0 Å². The topological polar surface area (TPSA) is 50.6 Å². The van der Waals surface area contributed by atoms with Crippen molar-refractivity contribution in [2.24, 2.45) is 17.5 Å². The summed E-state index contributed by atoms with van der Waals surface area (Å²) in [6.45, 7) is 3.49. The molecule has 2 N–H and O–H groups in total. The van der Waals surface area contributed by atoms with Crippen LogP contribution in [0.1, 0.15) is 38.3 Å². The zero-order valence-electron chi connectivity index (χ0n) is 14.5. The molecule has 0 bridgehead atoms. The molecule has 1 aromatic heterocycles. The second-order valence-electron chi connectivity index (χ2n) is 6.72. The van der Waals surface area contributed by atoms with Crippen LogP contribution in [-0.4, -0.2) is 36.3 Å². The second-order valence-corrected chi connectivity index (χ2v) is 7.49. The van der Waals surface area contributed by atoms with Gasteiger partial charge in [-0.2, -0.15) is 0 Å². The quantitative estimate of drug-likeness (QED) is 0.615. The monoisotopic (exact) mass is 372 g/mol. The predicted molar refractivity (Wildman–Crippen MR) is 98.9 cm³/mol. The number of halogens is 2. The summed E-state index contributed by atoms with van der Waals surface area (Å²) in [5, 5.41) is 8.07. The van der Waals surface area contributed by atoms with E-state index in [1.165, 1.54) is 19.3 Å². The van der Waals surface area contributed by atoms with Crippen LogP contribution < -0.4 is 10.6 Å². The Morgan fingerprint density at radius 2 is 2.21 bits per heavy atom. The maximum Gasteiger partial charge on any atom is 0.191 e. The molecule has 134 valence electrons. The van der Waals surface area contributed by atoms with Gasteiger partial charge in [-0.3, -0.25) is 4.99 Å². The largest absolute Gasteiger partial charge is 0.378 e. The Kier molecular flexibility index (Phi) is 5.33. The van der Waals surface area contributed by atoms with E-state index in [4.69, 9.17) is 27.9 Å². The predicted octanol–water partition coefficient (Wildman–Crippen LogP) is 3.34. The zero-order valence-corrected chi connectivity index (χ0v) is 16.0. The van der Waals surface area contributed by atoms with Crippen LogP contribution >= 0.6 is 23.2 Å². The lowest BCUT2D eigenvalue weighted by atomic mass is 9.51. The van der Waals surface area contributed by atoms with Crippen LogP contribution in [0.3, 0.4) is 0 Å². The third-order valence-electron chi connectivity index (χ3n) is 5.62. The molecule has 7 heteroatoms. The van der Waals surface area contributed by atoms with E-state index in [9.17, 15) is 0 Å². The van der Waals surface area contributed by atoms with Gasteiger partial charge in [-0.1, -0.05) is 29.6 Å². The van der Waals surface area contributed by atoms with Crippen molar-refractivity contribution in [1.82, 2.24) is 15.2 Å². The summed E-state index contributed by atoms with van der Waals surface area (Å²) in [5.74, 6) is 0.815. The van der Waals surface area contributed by atoms with Crippen LogP contribution in [0.5, 0.6) is 0 Å². The van der Waals surface area contributed by atoms with E-state index in [2.05, 4.69) is 22.5 Å². The third-order valence-corrected chi connectivity index (χ3v) is 6.47. The number of nitrogens with zero attached hydrogens (tertiary/aromatic N) is 2. The van der Waals surface area contributed by atoms with E-state index in [0.29, 0.717) is 34.3 Å². The zero-order chi connectivity index (χ0) is 17.3. The molecule has 2 saturated carbocycles. The van der Waals surface area contributed by atoms with Crippen LogP contribution in [0, 0.1) is 5.41 Å². The Balaban J connectivity index is 1.57. The highest BCUT2D eigenvalue weighted by atomic mass is 35.5. The van der Waals surface area contributed by atoms with Crippen molar-refractivity contribution >= 4 is 29.2 Å². The molecule has 1 spiro atoms. The maximum atomic E-state index is 6.12. The molecule has 2 fully saturated rings. The molecule has 0 saturated heterocycles. The fourth-order valence-corrected chi connectivity index (χ4v) is 4.35. The van der Waals surface area contributed by atoms with Gasteiger partial charge in [-0.25, -0.2) is 0 Å². The summed E-state index contributed by atoms with van der Waals surface area (Å²) in [7, 11) is 3.70. The SMILES string of the molecule is CCOC1CC(NC(=NC)NCc2cc(Cl)c(Cl)n2C)C12CCC2. The number of guanidine groups is 1. The van der Waals surface area contributed by atoms with E-state index in [1.54, 1.807) is 7.05 Å². The van der Waals surface area contributed by atoms with Gasteiger partial charge < -0.3 is 19.9 Å². The second kappa shape index (κ2) is 7.14. The lowest BCUT2D eigenvalue weighted by Gasteiger charge is -2.61. The highest BCUT2D eigenvalue weighted by Gasteiger charge is 2.59. The smallest absolute Gasteiger partial charge is 0.191 e. The number of rotatable bonds is 5. The van der Waals surface area contributed by atoms with E-state index in [-0.39, 0.29) is 0 Å². The van der Waals surface area contributed by atoms with E-state index in [1.807, 2.05) is 17.7 Å². The summed E-state index contributed by atoms with van der Waals surface area (Å²) in [5.41, 5.74) is 1.33. The van der Waals surface area contributed by atoms with Crippen molar-refractivity contribution in [2.45, 2.75) is 51.3 Å². The summed E-state index contributed by atoms with van der Waals surface area (Å²) in [6.07, 6.45) is 5.24. The Bertz CT molecular complexity index is 624. The normalized spacial score (nSPS) is 25.3. The van der Waals surface area contributed by atoms with Gasteiger partial charge in [-0.15, -0.1) is 0 Å². The molecule has 0 aromatic carbocycles. The van der Waals surface area contributed by atoms with Gasteiger partial charge >= 0.3 is 0 Å². The summed E-state index contributed by atoms with van der Waals surface area (Å²) in [6, 6.07) is 2.32. The minimum Gasteiger partial charge on any atom is -0.378 e. The number of aliphatic imine (C=N–C) groups is 1. The van der Waals surface area contributed by atoms with Crippen LogP contribution in [-0.2, 0) is 18.3 Å². The molecule has 24 heavy (non-hydrogen) atoms. The number of nitrogens with one attached hydrogen (secondary N) is 2. The Morgan fingerprint density at radius 3 is 2.71 bits per heavy atom. The molecule has 1 aromatic rings. The van der Waals surface area contributed by atoms with Gasteiger partial charge in [0.15, 0.2) is 5.96 Å². The van der Waals surface area contributed by atoms with E-state index >= 15 is 0 Å². The first-order chi connectivity index (χ1) is 11.5. The maximum absolute atomic E-state index is 6.12. The minimum absolute atomic E-state index is 0.311. The average molecular weight is 373 g/mol. The van der Waals surface area contributed by atoms with Crippen LogP contribution in [0.25, 0.3) is 0 Å². The van der Waals surface area contributed by atoms with Crippen molar-refractivity contribution in [2.75, 3.05) is 13.7 Å². The first-order valence-electron chi connectivity index (χ1n) is 8.60. The Hall–Kier alpha value is -0.910. The van der Waals surface area contributed by atoms with Crippen LogP contribution in [0.4, 0.5) is 0 Å². The van der Waals surface area contributed by atoms with Gasteiger partial charge in [-0.05, 0) is 32.3 Å². The van der Waals surface area contributed by atoms with E-state index < -0.39 is 0 Å². The van der Waals surface area contributed by atoms with Gasteiger partial charge in [0, 0.05) is 37.9 Å². The molecule has 0 radical (unpaired) electrons. The third kappa shape index (κ3) is 3.02. The molecule has 2 aliphatic rings. The van der Waals surface area contributed by atoms with Gasteiger partial charge in [0.25, 0.3) is 0 Å². The number of ether oxygens (including phenoxy) is 1. The Morgan fingerprint density at radius 1 is 1.46 bits per heavy atom. The lowest BCUT2D eigenvalue weighted by Crippen LogP contribution is -2.68. The summed E-state index contributed by atoms with van der Waals surface area (Å²) in [4.78, 5) is 4.36. The standard InChI is InChI=1S/C17H26Cl2N4O/c1-4-24-14-9-13(17(14)6-5-7-17)22-16(20-2)21-10-11-8-12(18)15(19)23(11)3/h8,13-14H,4-7,9-10H2,1-3H3,(H2,20,21,22). The molecule has 0 amide bonds. The molecule has 2 aliphatic carbocycles. The molecular weight excluding hydrogens is 347 g/mol. The molecular formula is C17H26Cl2N4O. The van der Waals surface area contributed by atoms with Crippen molar-refractivity contribution in [3.8, 4) is 0 Å². The molecule has 0 aliphatic heterocycles. The van der Waals surface area contributed by atoms with Crippen molar-refractivity contribution in [1.29, 1.82) is 0 Å². The van der Waals surface area contributed by atoms with Crippen molar-refractivity contribution in [3.05, 3.63) is 21.9 Å². The molecule has 1 heterocycles. The van der Waals surface area contributed by atoms with Gasteiger partial charge in [0.2, 0.25) is 0 Å². The summed E-state index contributed by atoms with van der Waals surface area (Å²) < 4.78 is 7.79. The Labute approximate surface area is 153 Å². The highest BCUT2D eigenvalue weighted by Crippen LogP contribution is 2.57.